The third kappa shape index (κ3) is 3.62. The normalized spacial score (nSPS) is 15.5. The van der Waals surface area contributed by atoms with Gasteiger partial charge in [0.25, 0.3) is 5.91 Å². The van der Waals surface area contributed by atoms with Crippen molar-refractivity contribution in [2.24, 2.45) is 0 Å². The van der Waals surface area contributed by atoms with Gasteiger partial charge < -0.3 is 10.1 Å². The van der Waals surface area contributed by atoms with Crippen molar-refractivity contribution >= 4 is 28.6 Å². The van der Waals surface area contributed by atoms with Crippen LogP contribution in [0.5, 0.6) is 0 Å². The number of ether oxygens (including phenoxy) is 1. The van der Waals surface area contributed by atoms with Gasteiger partial charge in [-0.3, -0.25) is 4.79 Å². The number of rotatable bonds is 4. The van der Waals surface area contributed by atoms with Crippen LogP contribution in [-0.2, 0) is 11.2 Å². The Kier molecular flexibility index (Phi) is 4.93. The predicted octanol–water partition coefficient (Wildman–Crippen LogP) is 4.72. The number of esters is 1. The molecule has 2 aromatic heterocycles. The van der Waals surface area contributed by atoms with E-state index in [4.69, 9.17) is 4.74 Å². The highest BCUT2D eigenvalue weighted by molar-refractivity contribution is 6.05. The van der Waals surface area contributed by atoms with Crippen LogP contribution in [0.2, 0.25) is 0 Å². The van der Waals surface area contributed by atoms with Crippen molar-refractivity contribution in [2.75, 3.05) is 5.32 Å². The molecule has 4 aromatic rings. The van der Waals surface area contributed by atoms with Gasteiger partial charge in [-0.2, -0.15) is 5.10 Å². The Hall–Kier alpha value is -4.00. The highest BCUT2D eigenvalue weighted by Gasteiger charge is 2.28. The third-order valence-electron chi connectivity index (χ3n) is 5.59. The van der Waals surface area contributed by atoms with Crippen LogP contribution >= 0.6 is 0 Å². The lowest BCUT2D eigenvalue weighted by Gasteiger charge is -2.25. The second-order valence-corrected chi connectivity index (χ2v) is 8.15. The molecule has 3 heterocycles. The van der Waals surface area contributed by atoms with Crippen LogP contribution in [0.3, 0.4) is 0 Å². The average molecular weight is 426 g/mol. The Morgan fingerprint density at radius 1 is 1.12 bits per heavy atom. The summed E-state index contributed by atoms with van der Waals surface area (Å²) in [4.78, 5) is 29.8. The highest BCUT2D eigenvalue weighted by atomic mass is 16.5. The Balaban J connectivity index is 1.38. The molecule has 0 spiro atoms. The number of aromatic nitrogens is 3. The number of carbonyl (C=O) groups excluding carboxylic acids is 2. The van der Waals surface area contributed by atoms with E-state index in [1.807, 2.05) is 54.9 Å². The largest absolute Gasteiger partial charge is 0.454 e. The molecule has 1 aliphatic rings. The van der Waals surface area contributed by atoms with Crippen molar-refractivity contribution in [1.29, 1.82) is 0 Å². The monoisotopic (exact) mass is 426 g/mol. The fraction of sp³-hybridized carbons (Fsp3) is 0.200. The number of amides is 1. The van der Waals surface area contributed by atoms with E-state index >= 15 is 0 Å². The fourth-order valence-electron chi connectivity index (χ4n) is 3.98. The van der Waals surface area contributed by atoms with Crippen LogP contribution in [0.1, 0.15) is 57.8 Å². The molecule has 0 fully saturated rings. The summed E-state index contributed by atoms with van der Waals surface area (Å²) in [5.74, 6) is -0.635. The van der Waals surface area contributed by atoms with Crippen molar-refractivity contribution in [3.8, 4) is 0 Å². The van der Waals surface area contributed by atoms with E-state index < -0.39 is 0 Å². The molecule has 1 amide bonds. The molecule has 7 heteroatoms. The topological polar surface area (TPSA) is 86.1 Å². The zero-order valence-corrected chi connectivity index (χ0v) is 17.8. The maximum Gasteiger partial charge on any atom is 0.339 e. The first kappa shape index (κ1) is 19.9. The van der Waals surface area contributed by atoms with E-state index in [0.29, 0.717) is 23.2 Å². The van der Waals surface area contributed by atoms with Crippen LogP contribution < -0.4 is 5.32 Å². The maximum absolute atomic E-state index is 12.9. The molecule has 1 aliphatic heterocycles. The Morgan fingerprint density at radius 3 is 2.72 bits per heavy atom. The predicted molar refractivity (Wildman–Crippen MR) is 121 cm³/mol. The average Bonchev–Trinajstić information content (AvgIpc) is 3.23. The van der Waals surface area contributed by atoms with Gasteiger partial charge in [0.1, 0.15) is 6.10 Å². The smallest absolute Gasteiger partial charge is 0.339 e. The van der Waals surface area contributed by atoms with Gasteiger partial charge in [-0.15, -0.1) is 0 Å². The molecular formula is C25H22N4O3. The number of nitrogens with one attached hydrogen (secondary N) is 1. The molecule has 0 saturated heterocycles. The summed E-state index contributed by atoms with van der Waals surface area (Å²) in [6.45, 7) is 4.08. The number of hydrogen-bond acceptors (Lipinski definition) is 5. The van der Waals surface area contributed by atoms with Crippen molar-refractivity contribution in [1.82, 2.24) is 14.8 Å². The van der Waals surface area contributed by atoms with Crippen molar-refractivity contribution in [3.63, 3.8) is 0 Å². The molecule has 0 radical (unpaired) electrons. The highest BCUT2D eigenvalue weighted by Crippen LogP contribution is 2.31. The summed E-state index contributed by atoms with van der Waals surface area (Å²) in [5.41, 5.74) is 4.07. The van der Waals surface area contributed by atoms with Crippen molar-refractivity contribution in [2.45, 2.75) is 32.4 Å². The van der Waals surface area contributed by atoms with E-state index in [2.05, 4.69) is 15.4 Å². The lowest BCUT2D eigenvalue weighted by Crippen LogP contribution is -2.23. The number of fused-ring (bicyclic) bond motifs is 2. The molecule has 0 aliphatic carbocycles. The maximum atomic E-state index is 12.9. The molecule has 1 atom stereocenters. The summed E-state index contributed by atoms with van der Waals surface area (Å²) in [7, 11) is 0. The lowest BCUT2D eigenvalue weighted by atomic mass is 9.93. The first-order valence-corrected chi connectivity index (χ1v) is 10.5. The van der Waals surface area contributed by atoms with E-state index in [1.54, 1.807) is 30.6 Å². The second kappa shape index (κ2) is 7.92. The van der Waals surface area contributed by atoms with Gasteiger partial charge in [0, 0.05) is 23.4 Å². The molecule has 32 heavy (non-hydrogen) atoms. The van der Waals surface area contributed by atoms with Gasteiger partial charge >= 0.3 is 5.97 Å². The zero-order chi connectivity index (χ0) is 22.2. The number of cyclic esters (lactones) is 1. The summed E-state index contributed by atoms with van der Waals surface area (Å²) in [5, 5.41) is 8.11. The zero-order valence-electron chi connectivity index (χ0n) is 17.8. The molecular weight excluding hydrogens is 404 g/mol. The third-order valence-corrected chi connectivity index (χ3v) is 5.59. The van der Waals surface area contributed by atoms with Gasteiger partial charge in [-0.25, -0.2) is 14.5 Å². The summed E-state index contributed by atoms with van der Waals surface area (Å²) in [6, 6.07) is 16.7. The van der Waals surface area contributed by atoms with E-state index in [9.17, 15) is 9.59 Å². The van der Waals surface area contributed by atoms with Gasteiger partial charge in [-0.1, -0.05) is 30.3 Å². The molecule has 2 aromatic carbocycles. The van der Waals surface area contributed by atoms with Crippen LogP contribution in [0.4, 0.5) is 5.69 Å². The fourth-order valence-corrected chi connectivity index (χ4v) is 3.98. The number of anilines is 1. The van der Waals surface area contributed by atoms with E-state index in [-0.39, 0.29) is 24.0 Å². The summed E-state index contributed by atoms with van der Waals surface area (Å²) < 4.78 is 7.44. The molecule has 160 valence electrons. The van der Waals surface area contributed by atoms with Gasteiger partial charge in [-0.05, 0) is 49.2 Å². The van der Waals surface area contributed by atoms with Crippen molar-refractivity contribution in [3.05, 3.63) is 89.2 Å². The lowest BCUT2D eigenvalue weighted by molar-refractivity contribution is 0.0252. The number of pyridine rings is 1. The van der Waals surface area contributed by atoms with Gasteiger partial charge in [0.15, 0.2) is 5.65 Å². The van der Waals surface area contributed by atoms with Crippen LogP contribution in [-0.4, -0.2) is 26.6 Å². The number of nitrogens with zero attached hydrogens (tertiary/aromatic N) is 3. The van der Waals surface area contributed by atoms with Gasteiger partial charge in [0.05, 0.1) is 23.6 Å². The molecule has 5 rings (SSSR count). The first-order chi connectivity index (χ1) is 15.5. The first-order valence-electron chi connectivity index (χ1n) is 10.5. The Morgan fingerprint density at radius 2 is 1.94 bits per heavy atom. The molecule has 0 bridgehead atoms. The number of benzene rings is 2. The minimum Gasteiger partial charge on any atom is -0.454 e. The Labute approximate surface area is 185 Å². The number of hydrogen-bond donors (Lipinski definition) is 1. The minimum absolute atomic E-state index is 0.197. The second-order valence-electron chi connectivity index (χ2n) is 8.15. The van der Waals surface area contributed by atoms with E-state index in [0.717, 1.165) is 22.2 Å². The van der Waals surface area contributed by atoms with E-state index in [1.165, 1.54) is 0 Å². The quantitative estimate of drug-likeness (QED) is 0.477. The van der Waals surface area contributed by atoms with Crippen molar-refractivity contribution < 1.29 is 14.3 Å². The molecule has 0 saturated carbocycles. The number of carbonyl (C=O) groups is 2. The summed E-state index contributed by atoms with van der Waals surface area (Å²) >= 11 is 0. The van der Waals surface area contributed by atoms with Crippen LogP contribution in [0.15, 0.2) is 67.0 Å². The van der Waals surface area contributed by atoms with Crippen LogP contribution in [0.25, 0.3) is 11.0 Å². The SMILES string of the molecule is CC(C)n1ncc2cc(NC(=O)c3ccc4c(c3)C[C@@H](c3ccccc3)OC4=O)cnc21. The summed E-state index contributed by atoms with van der Waals surface area (Å²) in [6.07, 6.45) is 3.53. The minimum atomic E-state index is -0.371. The molecule has 7 nitrogen and oxygen atoms in total. The van der Waals surface area contributed by atoms with Gasteiger partial charge in [0.2, 0.25) is 0 Å². The Bertz CT molecular complexity index is 1330. The van der Waals surface area contributed by atoms with Crippen LogP contribution in [0, 0.1) is 0 Å². The standard InChI is InChI=1S/C25H22N4O3/c1-15(2)29-23-19(13-27-29)11-20(14-26-23)28-24(30)17-8-9-21-18(10-17)12-22(32-25(21)31)16-6-4-3-5-7-16/h3-11,13-15,22H,12H2,1-2H3,(H,28,30)/t22-/m0/s1. The molecule has 0 unspecified atom stereocenters. The molecule has 1 N–H and O–H groups in total.